The predicted molar refractivity (Wildman–Crippen MR) is 355 cm³/mol. The summed E-state index contributed by atoms with van der Waals surface area (Å²) in [7, 11) is 0. The summed E-state index contributed by atoms with van der Waals surface area (Å²) in [5.74, 6) is -0.313. The number of aliphatic hydroxyl groups excluding tert-OH is 16. The average molecular weight is 1420 g/mol. The first kappa shape index (κ1) is 86.8. The molecule has 0 radical (unpaired) electrons. The molecule has 5 rings (SSSR count). The maximum absolute atomic E-state index is 13.5. The maximum atomic E-state index is 13.5. The molecular weight excluding hydrogens is 1290 g/mol. The van der Waals surface area contributed by atoms with Crippen LogP contribution in [0.4, 0.5) is 0 Å². The fraction of sp³-hybridized carbons (Fsp3) is 0.957. The van der Waals surface area contributed by atoms with Crippen molar-refractivity contribution in [2.75, 3.05) is 33.0 Å². The van der Waals surface area contributed by atoms with E-state index in [0.717, 1.165) is 44.9 Å². The van der Waals surface area contributed by atoms with Crippen molar-refractivity contribution in [1.29, 1.82) is 0 Å². The summed E-state index contributed by atoms with van der Waals surface area (Å²) in [4.78, 5) is 13.5. The summed E-state index contributed by atoms with van der Waals surface area (Å²) >= 11 is 0. The molecule has 5 heterocycles. The minimum Gasteiger partial charge on any atom is -0.394 e. The Morgan fingerprint density at radius 1 is 0.378 bits per heavy atom. The van der Waals surface area contributed by atoms with Crippen LogP contribution in [0.25, 0.3) is 0 Å². The first-order chi connectivity index (χ1) is 47.3. The third kappa shape index (κ3) is 27.9. The van der Waals surface area contributed by atoms with Crippen LogP contribution in [0.1, 0.15) is 226 Å². The Morgan fingerprint density at radius 2 is 0.735 bits per heavy atom. The van der Waals surface area contributed by atoms with Crippen molar-refractivity contribution < 1.29 is 134 Å². The Labute approximate surface area is 580 Å². The lowest BCUT2D eigenvalue weighted by Gasteiger charge is -2.50. The molecule has 10 unspecified atom stereocenters. The lowest BCUT2D eigenvalue weighted by atomic mass is 9.95. The number of hydrogen-bond acceptors (Lipinski definition) is 27. The molecule has 5 aliphatic rings. The van der Waals surface area contributed by atoms with Crippen LogP contribution < -0.4 is 5.32 Å². The maximum Gasteiger partial charge on any atom is 0.220 e. The third-order valence-corrected chi connectivity index (χ3v) is 19.8. The van der Waals surface area contributed by atoms with E-state index in [1.165, 1.54) is 148 Å². The zero-order valence-electron chi connectivity index (χ0n) is 58.6. The molecule has 27 atom stereocenters. The van der Waals surface area contributed by atoms with Gasteiger partial charge in [0, 0.05) is 6.42 Å². The Morgan fingerprint density at radius 3 is 1.21 bits per heavy atom. The van der Waals surface area contributed by atoms with E-state index in [1.807, 2.05) is 6.08 Å². The van der Waals surface area contributed by atoms with Crippen LogP contribution >= 0.6 is 0 Å². The van der Waals surface area contributed by atoms with Crippen molar-refractivity contribution in [3.8, 4) is 0 Å². The first-order valence-electron chi connectivity index (χ1n) is 37.3. The Balaban J connectivity index is 1.14. The number of carbonyl (C=O) groups is 1. The van der Waals surface area contributed by atoms with E-state index in [1.54, 1.807) is 6.08 Å². The average Bonchev–Trinajstić information content (AvgIpc) is 0.776. The van der Waals surface area contributed by atoms with E-state index in [4.69, 9.17) is 47.4 Å². The van der Waals surface area contributed by atoms with Gasteiger partial charge in [0.25, 0.3) is 0 Å². The van der Waals surface area contributed by atoms with Crippen LogP contribution in [0.3, 0.4) is 0 Å². The highest BCUT2D eigenvalue weighted by molar-refractivity contribution is 5.76. The fourth-order valence-corrected chi connectivity index (χ4v) is 13.4. The summed E-state index contributed by atoms with van der Waals surface area (Å²) in [5, 5.41) is 178. The van der Waals surface area contributed by atoms with E-state index < -0.39 is 199 Å². The van der Waals surface area contributed by atoms with Gasteiger partial charge in [-0.25, -0.2) is 0 Å². The molecule has 17 N–H and O–H groups in total. The number of aliphatic hydroxyl groups is 16. The molecule has 0 aromatic rings. The van der Waals surface area contributed by atoms with Gasteiger partial charge in [-0.05, 0) is 26.2 Å². The summed E-state index contributed by atoms with van der Waals surface area (Å²) in [6.07, 6.45) is -6.52. The minimum absolute atomic E-state index is 0.206. The number of hydrogen-bond donors (Lipinski definition) is 17. The highest BCUT2D eigenvalue weighted by atomic mass is 16.8. The second-order valence-corrected chi connectivity index (χ2v) is 27.8. The van der Waals surface area contributed by atoms with Crippen molar-refractivity contribution in [2.45, 2.75) is 392 Å². The molecule has 576 valence electrons. The SMILES string of the molecule is CCCCCCCCCCCCC/C=C/[C@@H](O)[C@H](CO[C@@H]1OC(CO)[C@@H](O[C@@H]2OC(CO)[C@H](O[C@@H]3OC(CO)[C@H](O)[C@H](O[C@H]4OC(CO)[C@H](O)[C@H](O)C4O[C@H]4OC(C)[C@@H](O)C(O)[C@@H]4O)C3O)[C@H](O)C2O)[C@H](O)C1O)NC(=O)CCCCCCCCCCCCCCCCCCCCC. The second kappa shape index (κ2) is 48.3. The predicted octanol–water partition coefficient (Wildman–Crippen LogP) is 2.05. The summed E-state index contributed by atoms with van der Waals surface area (Å²) in [6, 6.07) is -1.03. The molecule has 28 heteroatoms. The number of ether oxygens (including phenoxy) is 10. The van der Waals surface area contributed by atoms with Gasteiger partial charge < -0.3 is 134 Å². The molecule has 1 amide bonds. The largest absolute Gasteiger partial charge is 0.394 e. The van der Waals surface area contributed by atoms with Gasteiger partial charge in [0.2, 0.25) is 5.91 Å². The molecule has 0 aromatic carbocycles. The number of allylic oxidation sites excluding steroid dienone is 1. The molecule has 0 aromatic heterocycles. The lowest BCUT2D eigenvalue weighted by molar-refractivity contribution is -0.398. The van der Waals surface area contributed by atoms with Gasteiger partial charge in [-0.1, -0.05) is 206 Å². The van der Waals surface area contributed by atoms with Crippen molar-refractivity contribution in [2.24, 2.45) is 0 Å². The van der Waals surface area contributed by atoms with Crippen LogP contribution in [-0.4, -0.2) is 286 Å². The van der Waals surface area contributed by atoms with Gasteiger partial charge in [0.1, 0.15) is 116 Å². The standard InChI is InChI=1S/C70H129NO27/c1-4-6-8-10-12-14-16-18-19-20-21-22-23-25-27-29-31-33-35-37-50(77)71-44(45(76)36-34-32-30-28-26-24-17-15-13-11-9-7-5-2)42-89-66-59(86)56(83)62(48(40-74)93-66)95-68-60(87)57(84)63(49(41-75)94-68)96-69-61(88)64(53(80)47(39-73)91-69)97-70-65(55(82)52(79)46(38-72)92-70)98-67-58(85)54(81)51(78)43(3)90-67/h34,36,43-49,51-70,72-76,78-88H,4-33,35,37-42H2,1-3H3,(H,71,77)/b36-34+/t43?,44-,45+,46?,47?,48?,49?,51+,52-,53-,54?,55-,56+,57+,58-,59?,60?,61?,62+,63-,64-,65?,66+,67+,68-,69-,70+/m0/s1. The van der Waals surface area contributed by atoms with Crippen molar-refractivity contribution >= 4 is 5.91 Å². The summed E-state index contributed by atoms with van der Waals surface area (Å²) in [5.41, 5.74) is 0. The molecule has 0 aliphatic carbocycles. The zero-order valence-corrected chi connectivity index (χ0v) is 58.6. The van der Waals surface area contributed by atoms with Gasteiger partial charge in [-0.3, -0.25) is 4.79 Å². The van der Waals surface area contributed by atoms with Gasteiger partial charge in [-0.2, -0.15) is 0 Å². The van der Waals surface area contributed by atoms with E-state index >= 15 is 0 Å². The highest BCUT2D eigenvalue weighted by Crippen LogP contribution is 2.37. The Bertz CT molecular complexity index is 2080. The minimum atomic E-state index is -2.17. The van der Waals surface area contributed by atoms with Crippen molar-refractivity contribution in [3.05, 3.63) is 12.2 Å². The van der Waals surface area contributed by atoms with Gasteiger partial charge >= 0.3 is 0 Å². The van der Waals surface area contributed by atoms with Gasteiger partial charge in [0.05, 0.1) is 51.3 Å². The van der Waals surface area contributed by atoms with E-state index in [9.17, 15) is 86.5 Å². The lowest BCUT2D eigenvalue weighted by Crippen LogP contribution is -2.68. The number of nitrogens with one attached hydrogen (secondary N) is 1. The quantitative estimate of drug-likeness (QED) is 0.0306. The van der Waals surface area contributed by atoms with Crippen LogP contribution in [0.5, 0.6) is 0 Å². The number of unbranched alkanes of at least 4 members (excludes halogenated alkanes) is 29. The number of amides is 1. The molecule has 5 fully saturated rings. The molecule has 0 spiro atoms. The Kier molecular flexibility index (Phi) is 42.8. The third-order valence-electron chi connectivity index (χ3n) is 19.8. The number of rotatable bonds is 50. The van der Waals surface area contributed by atoms with Gasteiger partial charge in [0.15, 0.2) is 31.5 Å². The van der Waals surface area contributed by atoms with Crippen LogP contribution in [-0.2, 0) is 52.2 Å². The van der Waals surface area contributed by atoms with Crippen molar-refractivity contribution in [1.82, 2.24) is 5.32 Å². The monoisotopic (exact) mass is 1420 g/mol. The topological polar surface area (TPSA) is 445 Å². The summed E-state index contributed by atoms with van der Waals surface area (Å²) in [6.45, 7) is 1.64. The van der Waals surface area contributed by atoms with E-state index in [0.29, 0.717) is 12.8 Å². The molecule has 28 nitrogen and oxygen atoms in total. The van der Waals surface area contributed by atoms with Crippen LogP contribution in [0, 0.1) is 0 Å². The molecule has 5 saturated heterocycles. The zero-order chi connectivity index (χ0) is 71.5. The Hall–Kier alpha value is -1.83. The molecule has 0 saturated carbocycles. The fourth-order valence-electron chi connectivity index (χ4n) is 13.4. The molecule has 5 aliphatic heterocycles. The van der Waals surface area contributed by atoms with Gasteiger partial charge in [-0.15, -0.1) is 0 Å². The molecule has 98 heavy (non-hydrogen) atoms. The second-order valence-electron chi connectivity index (χ2n) is 27.8. The highest BCUT2D eigenvalue weighted by Gasteiger charge is 2.57. The first-order valence-corrected chi connectivity index (χ1v) is 37.3. The summed E-state index contributed by atoms with van der Waals surface area (Å²) < 4.78 is 58.0. The van der Waals surface area contributed by atoms with E-state index in [2.05, 4.69) is 19.2 Å². The van der Waals surface area contributed by atoms with E-state index in [-0.39, 0.29) is 12.3 Å². The molecule has 0 bridgehead atoms. The normalized spacial score (nSPS) is 36.2. The van der Waals surface area contributed by atoms with Crippen molar-refractivity contribution in [3.63, 3.8) is 0 Å². The van der Waals surface area contributed by atoms with Crippen LogP contribution in [0.2, 0.25) is 0 Å². The number of carbonyl (C=O) groups excluding carboxylic acids is 1. The smallest absolute Gasteiger partial charge is 0.220 e. The van der Waals surface area contributed by atoms with Crippen LogP contribution in [0.15, 0.2) is 12.2 Å². The molecular formula is C70H129NO27.